The van der Waals surface area contributed by atoms with E-state index < -0.39 is 11.5 Å². The number of amides is 2. The second-order valence-electron chi connectivity index (χ2n) is 6.21. The summed E-state index contributed by atoms with van der Waals surface area (Å²) in [6.07, 6.45) is 3.54. The third-order valence-electron chi connectivity index (χ3n) is 4.45. The highest BCUT2D eigenvalue weighted by Gasteiger charge is 2.45. The van der Waals surface area contributed by atoms with Crippen LogP contribution in [0.5, 0.6) is 0 Å². The number of thioether (sulfide) groups is 1. The van der Waals surface area contributed by atoms with Gasteiger partial charge in [-0.2, -0.15) is 0 Å². The number of aliphatic carboxylic acids is 1. The number of rotatable bonds is 7. The predicted octanol–water partition coefficient (Wildman–Crippen LogP) is 1.90. The van der Waals surface area contributed by atoms with Crippen molar-refractivity contribution in [3.8, 4) is 0 Å². The zero-order valence-electron chi connectivity index (χ0n) is 14.4. The van der Waals surface area contributed by atoms with E-state index in [4.69, 9.17) is 4.52 Å². The first-order valence-corrected chi connectivity index (χ1v) is 9.31. The average molecular weight is 369 g/mol. The van der Waals surface area contributed by atoms with Gasteiger partial charge < -0.3 is 19.8 Å². The van der Waals surface area contributed by atoms with Crippen LogP contribution in [0.25, 0.3) is 0 Å². The molecule has 0 aromatic carbocycles. The Balaban J connectivity index is 1.82. The number of aryl methyl sites for hydroxylation is 1. The molecule has 9 heteroatoms. The molecule has 2 N–H and O–H groups in total. The summed E-state index contributed by atoms with van der Waals surface area (Å²) in [5.74, 6) is -0.474. The molecule has 1 aromatic heterocycles. The van der Waals surface area contributed by atoms with Gasteiger partial charge in [0.15, 0.2) is 5.82 Å². The van der Waals surface area contributed by atoms with E-state index in [-0.39, 0.29) is 23.3 Å². The number of aromatic nitrogens is 1. The molecule has 0 atom stereocenters. The Morgan fingerprint density at radius 3 is 2.56 bits per heavy atom. The maximum absolute atomic E-state index is 12.4. The highest BCUT2D eigenvalue weighted by molar-refractivity contribution is 8.00. The summed E-state index contributed by atoms with van der Waals surface area (Å²) in [5.41, 5.74) is -1.11. The van der Waals surface area contributed by atoms with Crippen LogP contribution in [0.2, 0.25) is 0 Å². The molecular weight excluding hydrogens is 346 g/mol. The second kappa shape index (κ2) is 8.37. The molecule has 0 radical (unpaired) electrons. The first-order valence-electron chi connectivity index (χ1n) is 8.16. The Kier molecular flexibility index (Phi) is 6.46. The number of carboxylic acids is 1. The third kappa shape index (κ3) is 4.75. The van der Waals surface area contributed by atoms with Crippen molar-refractivity contribution in [1.82, 2.24) is 10.1 Å². The van der Waals surface area contributed by atoms with Crippen molar-refractivity contribution in [2.45, 2.75) is 44.6 Å². The molecule has 1 saturated carbocycles. The van der Waals surface area contributed by atoms with E-state index in [0.29, 0.717) is 24.4 Å². The lowest BCUT2D eigenvalue weighted by atomic mass is 9.80. The van der Waals surface area contributed by atoms with Gasteiger partial charge >= 0.3 is 5.97 Å². The number of anilines is 1. The molecule has 0 bridgehead atoms. The molecule has 0 unspecified atom stereocenters. The van der Waals surface area contributed by atoms with Crippen LogP contribution in [0.3, 0.4) is 0 Å². The zero-order valence-corrected chi connectivity index (χ0v) is 15.2. The van der Waals surface area contributed by atoms with Crippen LogP contribution in [0.1, 0.15) is 37.9 Å². The molecule has 2 rings (SSSR count). The highest BCUT2D eigenvalue weighted by atomic mass is 32.2. The lowest BCUT2D eigenvalue weighted by molar-refractivity contribution is -0.159. The van der Waals surface area contributed by atoms with Crippen molar-refractivity contribution in [3.05, 3.63) is 11.8 Å². The third-order valence-corrected chi connectivity index (χ3v) is 5.37. The summed E-state index contributed by atoms with van der Waals surface area (Å²) in [6, 6.07) is 1.60. The Morgan fingerprint density at radius 1 is 1.32 bits per heavy atom. The van der Waals surface area contributed by atoms with E-state index in [0.717, 1.165) is 31.0 Å². The fourth-order valence-corrected chi connectivity index (χ4v) is 3.73. The number of nitrogens with one attached hydrogen (secondary N) is 1. The maximum atomic E-state index is 12.4. The number of hydrogen-bond donors (Lipinski definition) is 2. The molecule has 1 aromatic rings. The first kappa shape index (κ1) is 19.3. The van der Waals surface area contributed by atoms with Gasteiger partial charge in [-0.05, 0) is 19.8 Å². The van der Waals surface area contributed by atoms with Crippen LogP contribution < -0.4 is 5.32 Å². The first-order chi connectivity index (χ1) is 11.8. The molecule has 1 aliphatic carbocycles. The van der Waals surface area contributed by atoms with E-state index in [1.807, 2.05) is 0 Å². The standard InChI is InChI=1S/C16H23N3O5S/c1-11-8-12(18-24-11)17-13(20)9-25-10-14(21)19(2)16(15(22)23)6-4-3-5-7-16/h8H,3-7,9-10H2,1-2H3,(H,22,23)(H,17,18,20). The van der Waals surface area contributed by atoms with Gasteiger partial charge in [0.2, 0.25) is 11.8 Å². The zero-order chi connectivity index (χ0) is 18.4. The molecule has 8 nitrogen and oxygen atoms in total. The molecule has 0 spiro atoms. The van der Waals surface area contributed by atoms with Crippen LogP contribution in [0.15, 0.2) is 10.6 Å². The van der Waals surface area contributed by atoms with Crippen LogP contribution in [0.4, 0.5) is 5.82 Å². The van der Waals surface area contributed by atoms with Crippen molar-refractivity contribution < 1.29 is 24.0 Å². The van der Waals surface area contributed by atoms with Gasteiger partial charge in [0.05, 0.1) is 11.5 Å². The molecule has 25 heavy (non-hydrogen) atoms. The lowest BCUT2D eigenvalue weighted by Gasteiger charge is -2.41. The molecule has 1 aliphatic rings. The summed E-state index contributed by atoms with van der Waals surface area (Å²) in [4.78, 5) is 37.3. The summed E-state index contributed by atoms with van der Waals surface area (Å²) >= 11 is 1.14. The predicted molar refractivity (Wildman–Crippen MR) is 93.4 cm³/mol. The summed E-state index contributed by atoms with van der Waals surface area (Å²) in [6.45, 7) is 1.72. The van der Waals surface area contributed by atoms with Gasteiger partial charge in [-0.15, -0.1) is 11.8 Å². The van der Waals surface area contributed by atoms with Gasteiger partial charge in [0.25, 0.3) is 0 Å². The number of hydrogen-bond acceptors (Lipinski definition) is 6. The Labute approximate surface area is 150 Å². The quantitative estimate of drug-likeness (QED) is 0.755. The fraction of sp³-hybridized carbons (Fsp3) is 0.625. The van der Waals surface area contributed by atoms with Gasteiger partial charge in [-0.25, -0.2) is 4.79 Å². The van der Waals surface area contributed by atoms with Crippen LogP contribution in [-0.4, -0.2) is 57.0 Å². The van der Waals surface area contributed by atoms with Crippen molar-refractivity contribution >= 4 is 35.4 Å². The van der Waals surface area contributed by atoms with Crippen molar-refractivity contribution in [3.63, 3.8) is 0 Å². The number of carbonyl (C=O) groups is 3. The van der Waals surface area contributed by atoms with E-state index in [1.165, 1.54) is 4.90 Å². The van der Waals surface area contributed by atoms with Crippen LogP contribution in [0, 0.1) is 6.92 Å². The molecule has 2 amide bonds. The lowest BCUT2D eigenvalue weighted by Crippen LogP contribution is -2.56. The fourth-order valence-electron chi connectivity index (χ4n) is 3.00. The second-order valence-corrected chi connectivity index (χ2v) is 7.20. The maximum Gasteiger partial charge on any atom is 0.329 e. The van der Waals surface area contributed by atoms with Crippen LogP contribution >= 0.6 is 11.8 Å². The SMILES string of the molecule is Cc1cc(NC(=O)CSCC(=O)N(C)C2(C(=O)O)CCCCC2)no1. The van der Waals surface area contributed by atoms with Crippen molar-refractivity contribution in [1.29, 1.82) is 0 Å². The molecule has 0 saturated heterocycles. The minimum Gasteiger partial charge on any atom is -0.479 e. The van der Waals surface area contributed by atoms with Crippen LogP contribution in [-0.2, 0) is 14.4 Å². The topological polar surface area (TPSA) is 113 Å². The van der Waals surface area contributed by atoms with E-state index >= 15 is 0 Å². The van der Waals surface area contributed by atoms with E-state index in [1.54, 1.807) is 20.0 Å². The number of nitrogens with zero attached hydrogens (tertiary/aromatic N) is 2. The smallest absolute Gasteiger partial charge is 0.329 e. The van der Waals surface area contributed by atoms with Gasteiger partial charge in [-0.3, -0.25) is 9.59 Å². The monoisotopic (exact) mass is 369 g/mol. The molecule has 1 heterocycles. The highest BCUT2D eigenvalue weighted by Crippen LogP contribution is 2.33. The normalized spacial score (nSPS) is 16.2. The summed E-state index contributed by atoms with van der Waals surface area (Å²) in [5, 5.41) is 15.8. The Hall–Kier alpha value is -2.03. The van der Waals surface area contributed by atoms with Crippen molar-refractivity contribution in [2.24, 2.45) is 0 Å². The largest absolute Gasteiger partial charge is 0.479 e. The molecule has 0 aliphatic heterocycles. The van der Waals surface area contributed by atoms with Gasteiger partial charge in [0, 0.05) is 13.1 Å². The average Bonchev–Trinajstić information content (AvgIpc) is 2.99. The number of carboxylic acid groups (broad SMARTS) is 1. The van der Waals surface area contributed by atoms with E-state index in [9.17, 15) is 19.5 Å². The van der Waals surface area contributed by atoms with Gasteiger partial charge in [-0.1, -0.05) is 24.4 Å². The molecular formula is C16H23N3O5S. The molecule has 138 valence electrons. The van der Waals surface area contributed by atoms with Crippen molar-refractivity contribution in [2.75, 3.05) is 23.9 Å². The Bertz CT molecular complexity index is 639. The van der Waals surface area contributed by atoms with E-state index in [2.05, 4.69) is 10.5 Å². The van der Waals surface area contributed by atoms with Gasteiger partial charge in [0.1, 0.15) is 11.3 Å². The minimum atomic E-state index is -1.11. The number of carbonyl (C=O) groups excluding carboxylic acids is 2. The molecule has 1 fully saturated rings. The number of likely N-dealkylation sites (N-methyl/N-ethyl adjacent to an activating group) is 1. The minimum absolute atomic E-state index is 0.0524. The summed E-state index contributed by atoms with van der Waals surface area (Å²) in [7, 11) is 1.54. The Morgan fingerprint density at radius 2 is 2.00 bits per heavy atom. The summed E-state index contributed by atoms with van der Waals surface area (Å²) < 4.78 is 4.85.